The monoisotopic (exact) mass is 335 g/mol. The van der Waals surface area contributed by atoms with Gasteiger partial charge in [-0.15, -0.1) is 0 Å². The van der Waals surface area contributed by atoms with Crippen LogP contribution in [0.15, 0.2) is 33.8 Å². The number of aromatic nitrogens is 2. The zero-order chi connectivity index (χ0) is 14.3. The fourth-order valence-electron chi connectivity index (χ4n) is 2.31. The highest BCUT2D eigenvalue weighted by molar-refractivity contribution is 9.10. The molecule has 0 radical (unpaired) electrons. The summed E-state index contributed by atoms with van der Waals surface area (Å²) in [6.07, 6.45) is 1.89. The van der Waals surface area contributed by atoms with Crippen LogP contribution in [-0.4, -0.2) is 21.4 Å². The van der Waals surface area contributed by atoms with Crippen molar-refractivity contribution in [3.63, 3.8) is 0 Å². The van der Waals surface area contributed by atoms with Crippen molar-refractivity contribution >= 4 is 38.6 Å². The first-order valence-electron chi connectivity index (χ1n) is 6.07. The first-order valence-corrected chi connectivity index (χ1v) is 6.86. The van der Waals surface area contributed by atoms with Crippen LogP contribution in [-0.2, 0) is 9.59 Å². The van der Waals surface area contributed by atoms with E-state index in [1.165, 1.54) is 10.9 Å². The van der Waals surface area contributed by atoms with Crippen LogP contribution < -0.4 is 10.9 Å². The molecule has 1 aliphatic heterocycles. The second-order valence-electron chi connectivity index (χ2n) is 4.56. The van der Waals surface area contributed by atoms with E-state index in [-0.39, 0.29) is 17.9 Å². The van der Waals surface area contributed by atoms with Crippen LogP contribution in [0.5, 0.6) is 0 Å². The number of fused-ring (bicyclic) bond motifs is 1. The van der Waals surface area contributed by atoms with Gasteiger partial charge in [-0.2, -0.15) is 0 Å². The summed E-state index contributed by atoms with van der Waals surface area (Å²) in [5.74, 6) is -0.772. The molecular weight excluding hydrogens is 326 g/mol. The van der Waals surface area contributed by atoms with Crippen LogP contribution in [0.25, 0.3) is 10.9 Å². The van der Waals surface area contributed by atoms with Crippen LogP contribution in [0.1, 0.15) is 18.9 Å². The normalized spacial score (nSPS) is 19.1. The maximum atomic E-state index is 12.5. The quantitative estimate of drug-likeness (QED) is 0.792. The van der Waals surface area contributed by atoms with Gasteiger partial charge in [-0.1, -0.05) is 6.07 Å². The number of rotatable bonds is 1. The molecule has 3 rings (SSSR count). The molecule has 1 aromatic carbocycles. The number of halogens is 1. The van der Waals surface area contributed by atoms with Crippen LogP contribution in [0.3, 0.4) is 0 Å². The third-order valence-corrected chi connectivity index (χ3v) is 3.97. The summed E-state index contributed by atoms with van der Waals surface area (Å²) in [6.45, 7) is 0. The highest BCUT2D eigenvalue weighted by atomic mass is 79.9. The molecule has 1 saturated heterocycles. The van der Waals surface area contributed by atoms with Gasteiger partial charge in [0.15, 0.2) is 0 Å². The first-order chi connectivity index (χ1) is 9.58. The average molecular weight is 336 g/mol. The Kier molecular flexibility index (Phi) is 3.13. The molecule has 2 aromatic rings. The van der Waals surface area contributed by atoms with E-state index in [4.69, 9.17) is 0 Å². The Morgan fingerprint density at radius 2 is 2.10 bits per heavy atom. The van der Waals surface area contributed by atoms with Gasteiger partial charge in [0.2, 0.25) is 11.8 Å². The molecule has 1 aliphatic rings. The third-order valence-electron chi connectivity index (χ3n) is 3.31. The molecule has 1 atom stereocenters. The lowest BCUT2D eigenvalue weighted by atomic mass is 10.1. The summed E-state index contributed by atoms with van der Waals surface area (Å²) in [5, 5.41) is 2.67. The Morgan fingerprint density at radius 1 is 1.30 bits per heavy atom. The summed E-state index contributed by atoms with van der Waals surface area (Å²) >= 11 is 3.32. The van der Waals surface area contributed by atoms with Crippen LogP contribution in [0.4, 0.5) is 0 Å². The second kappa shape index (κ2) is 4.82. The second-order valence-corrected chi connectivity index (χ2v) is 5.41. The molecule has 1 unspecified atom stereocenters. The number of hydrogen-bond acceptors (Lipinski definition) is 4. The maximum Gasteiger partial charge on any atom is 0.263 e. The first kappa shape index (κ1) is 13.0. The maximum absolute atomic E-state index is 12.5. The standard InChI is InChI=1S/C13H10BrN3O3/c14-7-2-1-3-8-11(7)13(20)17(6-15-8)9-4-5-10(18)16-12(9)19/h1-3,6,9H,4-5H2,(H,16,18,19). The fourth-order valence-corrected chi connectivity index (χ4v) is 2.83. The largest absolute Gasteiger partial charge is 0.295 e. The van der Waals surface area contributed by atoms with Crippen LogP contribution >= 0.6 is 15.9 Å². The van der Waals surface area contributed by atoms with Crippen LogP contribution in [0, 0.1) is 0 Å². The Balaban J connectivity index is 2.16. The molecule has 2 heterocycles. The lowest BCUT2D eigenvalue weighted by Gasteiger charge is -2.22. The molecule has 7 heteroatoms. The minimum atomic E-state index is -0.691. The van der Waals surface area contributed by atoms with Crippen molar-refractivity contribution in [3.05, 3.63) is 39.4 Å². The zero-order valence-corrected chi connectivity index (χ0v) is 11.9. The molecule has 2 amide bonds. The predicted molar refractivity (Wildman–Crippen MR) is 75.1 cm³/mol. The van der Waals surface area contributed by atoms with Crippen molar-refractivity contribution in [2.24, 2.45) is 0 Å². The van der Waals surface area contributed by atoms with Gasteiger partial charge in [0.25, 0.3) is 5.56 Å². The van der Waals surface area contributed by atoms with Crippen molar-refractivity contribution < 1.29 is 9.59 Å². The highest BCUT2D eigenvalue weighted by Crippen LogP contribution is 2.21. The molecular formula is C13H10BrN3O3. The minimum Gasteiger partial charge on any atom is -0.295 e. The van der Waals surface area contributed by atoms with Gasteiger partial charge in [0.05, 0.1) is 17.2 Å². The number of nitrogens with zero attached hydrogens (tertiary/aromatic N) is 2. The molecule has 20 heavy (non-hydrogen) atoms. The number of carbonyl (C=O) groups is 2. The van der Waals surface area contributed by atoms with Gasteiger partial charge >= 0.3 is 0 Å². The minimum absolute atomic E-state index is 0.219. The Hall–Kier alpha value is -2.02. The molecule has 6 nitrogen and oxygen atoms in total. The Labute approximate surface area is 121 Å². The number of amides is 2. The van der Waals surface area contributed by atoms with E-state index in [0.717, 1.165) is 0 Å². The van der Waals surface area contributed by atoms with Crippen molar-refractivity contribution in [2.75, 3.05) is 0 Å². The highest BCUT2D eigenvalue weighted by Gasteiger charge is 2.29. The van der Waals surface area contributed by atoms with E-state index in [1.807, 2.05) is 0 Å². The van der Waals surface area contributed by atoms with E-state index in [9.17, 15) is 14.4 Å². The van der Waals surface area contributed by atoms with Crippen molar-refractivity contribution in [1.82, 2.24) is 14.9 Å². The molecule has 1 N–H and O–H groups in total. The Morgan fingerprint density at radius 3 is 2.85 bits per heavy atom. The van der Waals surface area contributed by atoms with E-state index >= 15 is 0 Å². The van der Waals surface area contributed by atoms with E-state index < -0.39 is 11.9 Å². The van der Waals surface area contributed by atoms with Crippen molar-refractivity contribution in [1.29, 1.82) is 0 Å². The van der Waals surface area contributed by atoms with Gasteiger partial charge in [0, 0.05) is 10.9 Å². The summed E-state index contributed by atoms with van der Waals surface area (Å²) in [4.78, 5) is 39.7. The summed E-state index contributed by atoms with van der Waals surface area (Å²) in [7, 11) is 0. The molecule has 0 aliphatic carbocycles. The number of nitrogens with one attached hydrogen (secondary N) is 1. The predicted octanol–water partition coefficient (Wildman–Crippen LogP) is 1.14. The zero-order valence-electron chi connectivity index (χ0n) is 10.3. The third kappa shape index (κ3) is 2.03. The van der Waals surface area contributed by atoms with Gasteiger partial charge in [0.1, 0.15) is 6.04 Å². The molecule has 0 bridgehead atoms. The smallest absolute Gasteiger partial charge is 0.263 e. The Bertz CT molecular complexity index is 784. The lowest BCUT2D eigenvalue weighted by molar-refractivity contribution is -0.135. The summed E-state index contributed by atoms with van der Waals surface area (Å²) in [6, 6.07) is 4.58. The van der Waals surface area contributed by atoms with Gasteiger partial charge in [-0.3, -0.25) is 24.3 Å². The van der Waals surface area contributed by atoms with Crippen LogP contribution in [0.2, 0.25) is 0 Å². The molecule has 0 saturated carbocycles. The fraction of sp³-hybridized carbons (Fsp3) is 0.231. The van der Waals surface area contributed by atoms with E-state index in [1.54, 1.807) is 18.2 Å². The van der Waals surface area contributed by atoms with Gasteiger partial charge < -0.3 is 0 Å². The number of imide groups is 1. The molecule has 1 aromatic heterocycles. The molecule has 1 fully saturated rings. The SMILES string of the molecule is O=C1CCC(n2cnc3cccc(Br)c3c2=O)C(=O)N1. The number of piperidine rings is 1. The van der Waals surface area contributed by atoms with E-state index in [2.05, 4.69) is 26.2 Å². The summed E-state index contributed by atoms with van der Waals surface area (Å²) < 4.78 is 1.92. The van der Waals surface area contributed by atoms with E-state index in [0.29, 0.717) is 21.8 Å². The average Bonchev–Trinajstić information content (AvgIpc) is 2.40. The van der Waals surface area contributed by atoms with Gasteiger partial charge in [-0.05, 0) is 34.5 Å². The van der Waals surface area contributed by atoms with Crippen molar-refractivity contribution in [3.8, 4) is 0 Å². The van der Waals surface area contributed by atoms with Gasteiger partial charge in [-0.25, -0.2) is 4.98 Å². The topological polar surface area (TPSA) is 81.1 Å². The number of carbonyl (C=O) groups excluding carboxylic acids is 2. The molecule has 0 spiro atoms. The molecule has 102 valence electrons. The number of hydrogen-bond donors (Lipinski definition) is 1. The number of benzene rings is 1. The van der Waals surface area contributed by atoms with Crippen molar-refractivity contribution in [2.45, 2.75) is 18.9 Å². The summed E-state index contributed by atoms with van der Waals surface area (Å²) in [5.41, 5.74) is 0.268. The lowest BCUT2D eigenvalue weighted by Crippen LogP contribution is -2.44.